The maximum atomic E-state index is 13.6. The van der Waals surface area contributed by atoms with Crippen molar-refractivity contribution in [2.75, 3.05) is 13.6 Å². The van der Waals surface area contributed by atoms with Crippen molar-refractivity contribution in [1.82, 2.24) is 14.9 Å². The minimum absolute atomic E-state index is 0.162. The van der Waals surface area contributed by atoms with Gasteiger partial charge in [-0.05, 0) is 47.4 Å². The highest BCUT2D eigenvalue weighted by molar-refractivity contribution is 7.89. The van der Waals surface area contributed by atoms with Crippen molar-refractivity contribution in [3.63, 3.8) is 0 Å². The molecular formula is C28H32ClN3O4S. The normalized spacial score (nSPS) is 12.1. The molecule has 0 aromatic heterocycles. The van der Waals surface area contributed by atoms with Crippen molar-refractivity contribution in [3.8, 4) is 0 Å². The number of amides is 2. The van der Waals surface area contributed by atoms with E-state index in [9.17, 15) is 18.0 Å². The molecular weight excluding hydrogens is 510 g/mol. The van der Waals surface area contributed by atoms with Crippen LogP contribution >= 0.6 is 11.6 Å². The number of rotatable bonds is 12. The molecule has 37 heavy (non-hydrogen) atoms. The second-order valence-electron chi connectivity index (χ2n) is 8.61. The van der Waals surface area contributed by atoms with Crippen LogP contribution < -0.4 is 10.0 Å². The Bertz CT molecular complexity index is 1280. The number of nitrogens with one attached hydrogen (secondary N) is 2. The van der Waals surface area contributed by atoms with Crippen LogP contribution in [0.25, 0.3) is 0 Å². The molecule has 0 spiro atoms. The predicted octanol–water partition coefficient (Wildman–Crippen LogP) is 3.96. The van der Waals surface area contributed by atoms with Gasteiger partial charge in [0.1, 0.15) is 6.04 Å². The summed E-state index contributed by atoms with van der Waals surface area (Å²) in [6, 6.07) is 22.6. The van der Waals surface area contributed by atoms with E-state index in [1.807, 2.05) is 42.5 Å². The highest BCUT2D eigenvalue weighted by atomic mass is 35.5. The lowest BCUT2D eigenvalue weighted by Gasteiger charge is -2.31. The summed E-state index contributed by atoms with van der Waals surface area (Å²) in [4.78, 5) is 28.3. The van der Waals surface area contributed by atoms with Crippen molar-refractivity contribution in [2.45, 2.75) is 43.7 Å². The number of nitrogens with zero attached hydrogens (tertiary/aromatic N) is 1. The highest BCUT2D eigenvalue weighted by Crippen LogP contribution is 2.19. The first-order chi connectivity index (χ1) is 17.7. The maximum Gasteiger partial charge on any atom is 0.242 e. The molecule has 0 saturated carbocycles. The molecule has 2 N–H and O–H groups in total. The van der Waals surface area contributed by atoms with E-state index in [1.54, 1.807) is 43.1 Å². The number of likely N-dealkylation sites (N-methyl/N-ethyl adjacent to an activating group) is 1. The summed E-state index contributed by atoms with van der Waals surface area (Å²) in [6.45, 7) is 2.27. The van der Waals surface area contributed by atoms with Gasteiger partial charge in [0, 0.05) is 38.0 Å². The molecule has 0 bridgehead atoms. The Morgan fingerprint density at radius 3 is 2.11 bits per heavy atom. The molecule has 7 nitrogen and oxygen atoms in total. The Morgan fingerprint density at radius 1 is 0.892 bits per heavy atom. The van der Waals surface area contributed by atoms with Gasteiger partial charge in [0.05, 0.1) is 4.90 Å². The number of sulfonamides is 1. The zero-order chi connectivity index (χ0) is 26.8. The molecule has 0 aliphatic heterocycles. The van der Waals surface area contributed by atoms with Crippen molar-refractivity contribution in [2.24, 2.45) is 0 Å². The van der Waals surface area contributed by atoms with Gasteiger partial charge in [0.15, 0.2) is 0 Å². The van der Waals surface area contributed by atoms with Crippen LogP contribution in [0.1, 0.15) is 30.0 Å². The molecule has 0 aliphatic rings. The molecule has 0 fully saturated rings. The lowest BCUT2D eigenvalue weighted by Crippen LogP contribution is -2.49. The number of hydrogen-bond acceptors (Lipinski definition) is 4. The van der Waals surface area contributed by atoms with Gasteiger partial charge in [0.25, 0.3) is 0 Å². The molecule has 9 heteroatoms. The van der Waals surface area contributed by atoms with Gasteiger partial charge in [0.2, 0.25) is 21.8 Å². The van der Waals surface area contributed by atoms with Crippen molar-refractivity contribution >= 4 is 33.4 Å². The molecule has 0 saturated heterocycles. The Kier molecular flexibility index (Phi) is 10.3. The van der Waals surface area contributed by atoms with Crippen LogP contribution in [-0.2, 0) is 39.0 Å². The molecule has 0 heterocycles. The maximum absolute atomic E-state index is 13.6. The summed E-state index contributed by atoms with van der Waals surface area (Å²) in [5.41, 5.74) is 2.63. The summed E-state index contributed by atoms with van der Waals surface area (Å²) >= 11 is 6.04. The third kappa shape index (κ3) is 8.15. The summed E-state index contributed by atoms with van der Waals surface area (Å²) in [6.07, 6.45) is 0.940. The smallest absolute Gasteiger partial charge is 0.242 e. The molecule has 2 amide bonds. The fourth-order valence-electron chi connectivity index (χ4n) is 4.01. The molecule has 0 radical (unpaired) electrons. The van der Waals surface area contributed by atoms with Crippen molar-refractivity contribution < 1.29 is 18.0 Å². The topological polar surface area (TPSA) is 95.6 Å². The van der Waals surface area contributed by atoms with E-state index in [0.717, 1.165) is 16.7 Å². The van der Waals surface area contributed by atoms with Gasteiger partial charge in [-0.2, -0.15) is 0 Å². The summed E-state index contributed by atoms with van der Waals surface area (Å²) < 4.78 is 26.8. The first-order valence-electron chi connectivity index (χ1n) is 12.1. The van der Waals surface area contributed by atoms with E-state index in [1.165, 1.54) is 12.1 Å². The third-order valence-electron chi connectivity index (χ3n) is 5.98. The van der Waals surface area contributed by atoms with Crippen LogP contribution in [0.2, 0.25) is 5.02 Å². The van der Waals surface area contributed by atoms with Crippen LogP contribution in [-0.4, -0.2) is 44.8 Å². The molecule has 0 aliphatic carbocycles. The van der Waals surface area contributed by atoms with E-state index >= 15 is 0 Å². The predicted molar refractivity (Wildman–Crippen MR) is 146 cm³/mol. The average molecular weight is 542 g/mol. The van der Waals surface area contributed by atoms with Gasteiger partial charge < -0.3 is 10.2 Å². The lowest BCUT2D eigenvalue weighted by atomic mass is 10.0. The van der Waals surface area contributed by atoms with Gasteiger partial charge in [-0.25, -0.2) is 13.1 Å². The van der Waals surface area contributed by atoms with Crippen LogP contribution in [0.5, 0.6) is 0 Å². The Morgan fingerprint density at radius 2 is 1.51 bits per heavy atom. The van der Waals surface area contributed by atoms with E-state index < -0.39 is 16.1 Å². The summed E-state index contributed by atoms with van der Waals surface area (Å²) in [5, 5.41) is 3.29. The van der Waals surface area contributed by atoms with E-state index in [4.69, 9.17) is 11.6 Å². The second kappa shape index (κ2) is 13.4. The van der Waals surface area contributed by atoms with E-state index in [0.29, 0.717) is 24.4 Å². The zero-order valence-corrected chi connectivity index (χ0v) is 22.6. The number of benzene rings is 3. The first kappa shape index (κ1) is 28.4. The molecule has 1 atom stereocenters. The first-order valence-corrected chi connectivity index (χ1v) is 14.0. The van der Waals surface area contributed by atoms with Crippen LogP contribution in [0.15, 0.2) is 83.8 Å². The molecule has 196 valence electrons. The monoisotopic (exact) mass is 541 g/mol. The van der Waals surface area contributed by atoms with Crippen LogP contribution in [0.4, 0.5) is 0 Å². The Hall–Kier alpha value is -3.20. The highest BCUT2D eigenvalue weighted by Gasteiger charge is 2.29. The quantitative estimate of drug-likeness (QED) is 0.363. The number of carbonyl (C=O) groups excluding carboxylic acids is 2. The fraction of sp³-hybridized carbons (Fsp3) is 0.286. The largest absolute Gasteiger partial charge is 0.357 e. The number of hydrogen-bond donors (Lipinski definition) is 2. The van der Waals surface area contributed by atoms with Crippen LogP contribution in [0, 0.1) is 0 Å². The van der Waals surface area contributed by atoms with Crippen molar-refractivity contribution in [3.05, 3.63) is 101 Å². The molecule has 3 aromatic rings. The van der Waals surface area contributed by atoms with Crippen LogP contribution in [0.3, 0.4) is 0 Å². The summed E-state index contributed by atoms with van der Waals surface area (Å²) in [5.74, 6) is -0.423. The van der Waals surface area contributed by atoms with Gasteiger partial charge in [-0.1, -0.05) is 73.1 Å². The number of aryl methyl sites for hydroxylation is 1. The van der Waals surface area contributed by atoms with E-state index in [-0.39, 0.29) is 29.7 Å². The minimum atomic E-state index is -3.54. The lowest BCUT2D eigenvalue weighted by molar-refractivity contribution is -0.141. The second-order valence-corrected chi connectivity index (χ2v) is 10.8. The minimum Gasteiger partial charge on any atom is -0.357 e. The zero-order valence-electron chi connectivity index (χ0n) is 21.0. The van der Waals surface area contributed by atoms with E-state index in [2.05, 4.69) is 10.0 Å². The number of halogens is 1. The van der Waals surface area contributed by atoms with Crippen molar-refractivity contribution in [1.29, 1.82) is 0 Å². The SMILES string of the molecule is CCNS(=O)(=O)c1ccc(CCC(=O)N(Cc2ccc(Cl)cc2)[C@@H](Cc2ccccc2)C(=O)NC)cc1. The Balaban J connectivity index is 1.82. The van der Waals surface area contributed by atoms with Gasteiger partial charge >= 0.3 is 0 Å². The average Bonchev–Trinajstić information content (AvgIpc) is 2.90. The molecule has 3 rings (SSSR count). The third-order valence-corrected chi connectivity index (χ3v) is 7.79. The molecule has 0 unspecified atom stereocenters. The molecule has 3 aromatic carbocycles. The van der Waals surface area contributed by atoms with Gasteiger partial charge in [-0.3, -0.25) is 9.59 Å². The standard InChI is InChI=1S/C28H32ClN3O4S/c1-3-31-37(35,36)25-16-11-21(12-17-25)13-18-27(33)32(20-23-9-14-24(29)15-10-23)26(28(34)30-2)19-22-7-5-4-6-8-22/h4-12,14-17,26,31H,3,13,18-20H2,1-2H3,(H,30,34)/t26-/m0/s1. The summed E-state index contributed by atoms with van der Waals surface area (Å²) in [7, 11) is -1.98. The number of carbonyl (C=O) groups is 2. The Labute approximate surface area is 223 Å². The fourth-order valence-corrected chi connectivity index (χ4v) is 5.18. The van der Waals surface area contributed by atoms with Gasteiger partial charge in [-0.15, -0.1) is 0 Å².